The Morgan fingerprint density at radius 2 is 1.38 bits per heavy atom. The van der Waals surface area contributed by atoms with Gasteiger partial charge in [0.15, 0.2) is 13.2 Å². The molecule has 2 bridgehead atoms. The van der Waals surface area contributed by atoms with Gasteiger partial charge in [-0.1, -0.05) is 23.2 Å². The molecule has 15 heteroatoms. The highest BCUT2D eigenvalue weighted by Crippen LogP contribution is 2.48. The molecule has 3 aliphatic rings. The van der Waals surface area contributed by atoms with Crippen molar-refractivity contribution >= 4 is 45.3 Å². The number of carbonyl (C=O) groups is 2. The number of hydrogen-bond acceptors (Lipinski definition) is 7. The maximum absolute atomic E-state index is 13.6. The summed E-state index contributed by atoms with van der Waals surface area (Å²) in [5, 5.41) is 10.6. The highest BCUT2D eigenvalue weighted by atomic mass is 35.5. The van der Waals surface area contributed by atoms with E-state index in [1.165, 1.54) is 24.3 Å². The molecule has 212 valence electrons. The van der Waals surface area contributed by atoms with Crippen molar-refractivity contribution < 1.29 is 40.4 Å². The molecule has 0 spiro atoms. The number of halogens is 4. The van der Waals surface area contributed by atoms with Crippen LogP contribution in [0.1, 0.15) is 32.1 Å². The van der Waals surface area contributed by atoms with Crippen LogP contribution in [0.25, 0.3) is 0 Å². The monoisotopic (exact) mass is 607 g/mol. The van der Waals surface area contributed by atoms with Gasteiger partial charge in [0, 0.05) is 24.1 Å². The highest BCUT2D eigenvalue weighted by molar-refractivity contribution is 7.84. The first-order valence-corrected chi connectivity index (χ1v) is 14.0. The van der Waals surface area contributed by atoms with Gasteiger partial charge in [0.1, 0.15) is 29.2 Å². The van der Waals surface area contributed by atoms with Gasteiger partial charge in [-0.2, -0.15) is 8.42 Å². The van der Waals surface area contributed by atoms with Crippen LogP contribution < -0.4 is 25.2 Å². The predicted octanol–water partition coefficient (Wildman–Crippen LogP) is 3.01. The van der Waals surface area contributed by atoms with E-state index < -0.39 is 64.1 Å². The Hall–Kier alpha value is -2.71. The Morgan fingerprint density at radius 1 is 0.897 bits per heavy atom. The molecule has 0 aliphatic heterocycles. The van der Waals surface area contributed by atoms with Gasteiger partial charge in [0.25, 0.3) is 11.8 Å². The second-order valence-corrected chi connectivity index (χ2v) is 11.5. The molecule has 0 saturated heterocycles. The third kappa shape index (κ3) is 7.28. The van der Waals surface area contributed by atoms with E-state index in [4.69, 9.17) is 42.0 Å². The summed E-state index contributed by atoms with van der Waals surface area (Å²) in [6.07, 6.45) is 0.258. The molecular weight excluding hydrogens is 583 g/mol. The minimum Gasteiger partial charge on any atom is -0.484 e. The molecule has 1 atom stereocenters. The Morgan fingerprint density at radius 3 is 1.85 bits per heavy atom. The van der Waals surface area contributed by atoms with Gasteiger partial charge in [0.2, 0.25) is 0 Å². The van der Waals surface area contributed by atoms with Gasteiger partial charge < -0.3 is 20.1 Å². The molecule has 2 aromatic rings. The van der Waals surface area contributed by atoms with E-state index in [0.717, 1.165) is 12.1 Å². The number of benzene rings is 2. The summed E-state index contributed by atoms with van der Waals surface area (Å²) >= 11 is 11.3. The number of hydrogen-bond donors (Lipinski definition) is 3. The fraction of sp³-hybridized carbons (Fsp3) is 0.417. The molecule has 10 nitrogen and oxygen atoms in total. The Labute approximate surface area is 233 Å². The second kappa shape index (κ2) is 11.4. The predicted molar refractivity (Wildman–Crippen MR) is 137 cm³/mol. The molecule has 5 rings (SSSR count). The third-order valence-electron chi connectivity index (χ3n) is 6.86. The van der Waals surface area contributed by atoms with Crippen LogP contribution in [0, 0.1) is 11.6 Å². The van der Waals surface area contributed by atoms with Crippen molar-refractivity contribution in [3.8, 4) is 11.5 Å². The molecule has 2 aromatic carbocycles. The van der Waals surface area contributed by atoms with E-state index in [9.17, 15) is 26.8 Å². The van der Waals surface area contributed by atoms with Crippen LogP contribution in [-0.4, -0.2) is 50.6 Å². The van der Waals surface area contributed by atoms with Crippen molar-refractivity contribution in [3.05, 3.63) is 58.1 Å². The summed E-state index contributed by atoms with van der Waals surface area (Å²) in [6, 6.07) is 7.48. The minimum atomic E-state index is -4.41. The number of nitrogens with one attached hydrogen (secondary N) is 2. The van der Waals surface area contributed by atoms with Crippen molar-refractivity contribution in [3.63, 3.8) is 0 Å². The summed E-state index contributed by atoms with van der Waals surface area (Å²) in [5.74, 6) is -2.31. The molecule has 0 heterocycles. The third-order valence-corrected chi connectivity index (χ3v) is 7.97. The van der Waals surface area contributed by atoms with Crippen molar-refractivity contribution in [2.45, 2.75) is 49.3 Å². The van der Waals surface area contributed by atoms with Crippen LogP contribution in [0.15, 0.2) is 36.4 Å². The van der Waals surface area contributed by atoms with Gasteiger partial charge in [-0.3, -0.25) is 13.8 Å². The lowest BCUT2D eigenvalue weighted by Crippen LogP contribution is -2.71. The molecular formula is C24H25Cl2F2N3O7S. The van der Waals surface area contributed by atoms with Crippen molar-refractivity contribution in [2.24, 2.45) is 5.14 Å². The molecule has 3 saturated carbocycles. The number of carbonyl (C=O) groups excluding carboxylic acids is 2. The molecule has 0 aromatic heterocycles. The van der Waals surface area contributed by atoms with Gasteiger partial charge in [-0.05, 0) is 49.9 Å². The Bertz CT molecular complexity index is 1370. The first kappa shape index (κ1) is 29.3. The number of rotatable bonds is 10. The largest absolute Gasteiger partial charge is 0.484 e. The molecule has 39 heavy (non-hydrogen) atoms. The van der Waals surface area contributed by atoms with E-state index in [2.05, 4.69) is 10.6 Å². The first-order valence-electron chi connectivity index (χ1n) is 11.8. The topological polar surface area (TPSA) is 146 Å². The zero-order chi connectivity index (χ0) is 28.4. The number of nitrogens with two attached hydrogens (primary N) is 1. The van der Waals surface area contributed by atoms with Gasteiger partial charge >= 0.3 is 10.3 Å². The van der Waals surface area contributed by atoms with Crippen LogP contribution >= 0.6 is 23.2 Å². The lowest BCUT2D eigenvalue weighted by Gasteiger charge is -2.57. The minimum absolute atomic E-state index is 0.0360. The summed E-state index contributed by atoms with van der Waals surface area (Å²) < 4.78 is 66.8. The normalized spacial score (nSPS) is 24.2. The fourth-order valence-electron chi connectivity index (χ4n) is 5.00. The van der Waals surface area contributed by atoms with Gasteiger partial charge in [0.05, 0.1) is 15.6 Å². The van der Waals surface area contributed by atoms with Crippen LogP contribution in [-0.2, 0) is 24.1 Å². The number of ether oxygens (including phenoxy) is 2. The van der Waals surface area contributed by atoms with E-state index in [-0.39, 0.29) is 40.8 Å². The summed E-state index contributed by atoms with van der Waals surface area (Å²) in [4.78, 5) is 25.4. The van der Waals surface area contributed by atoms with Crippen molar-refractivity contribution in [1.82, 2.24) is 10.6 Å². The van der Waals surface area contributed by atoms with Crippen molar-refractivity contribution in [2.75, 3.05) is 13.2 Å². The molecule has 4 N–H and O–H groups in total. The zero-order valence-electron chi connectivity index (χ0n) is 20.3. The lowest BCUT2D eigenvalue weighted by atomic mass is 9.60. The Balaban J connectivity index is 1.39. The van der Waals surface area contributed by atoms with Gasteiger partial charge in [-0.15, -0.1) is 0 Å². The zero-order valence-corrected chi connectivity index (χ0v) is 22.7. The standard InChI is InChI=1S/C24H25Cl2F2N3O7S/c25-16-3-1-14(9-18(16)27)36-12-21(32)30-23-5-7-24(8-6-23,20(11-23)38-39(29,34)35)31-22(33)13-37-15-2-4-17(26)19(28)10-15/h1-4,9-10,20H,5-8,11-13H2,(H,30,32)(H,31,33)(H2,29,34,35)/t20-,23?,24?/m1/s1. The first-order chi connectivity index (χ1) is 18.3. The van der Waals surface area contributed by atoms with Crippen LogP contribution in [0.4, 0.5) is 8.78 Å². The quantitative estimate of drug-likeness (QED) is 0.376. The summed E-state index contributed by atoms with van der Waals surface area (Å²) in [6.45, 7) is -0.899. The van der Waals surface area contributed by atoms with Crippen molar-refractivity contribution in [1.29, 1.82) is 0 Å². The van der Waals surface area contributed by atoms with E-state index in [0.29, 0.717) is 12.8 Å². The van der Waals surface area contributed by atoms with Crippen LogP contribution in [0.2, 0.25) is 10.0 Å². The highest BCUT2D eigenvalue weighted by Gasteiger charge is 2.57. The average Bonchev–Trinajstić information content (AvgIpc) is 2.85. The molecule has 0 unspecified atom stereocenters. The van der Waals surface area contributed by atoms with Crippen LogP contribution in [0.3, 0.4) is 0 Å². The maximum Gasteiger partial charge on any atom is 0.333 e. The van der Waals surface area contributed by atoms with Crippen LogP contribution in [0.5, 0.6) is 11.5 Å². The lowest BCUT2D eigenvalue weighted by molar-refractivity contribution is -0.135. The van der Waals surface area contributed by atoms with Gasteiger partial charge in [-0.25, -0.2) is 13.9 Å². The number of fused-ring (bicyclic) bond motifs is 3. The molecule has 3 fully saturated rings. The summed E-state index contributed by atoms with van der Waals surface area (Å²) in [5.41, 5.74) is -1.94. The number of amides is 2. The smallest absolute Gasteiger partial charge is 0.333 e. The fourth-order valence-corrected chi connectivity index (χ4v) is 5.81. The Kier molecular flexibility index (Phi) is 8.57. The van der Waals surface area contributed by atoms with E-state index >= 15 is 0 Å². The SMILES string of the molecule is NS(=O)(=O)O[C@@H]1CC2(NC(=O)COc3ccc(Cl)c(F)c3)CCC1(NC(=O)COc1ccc(Cl)c(F)c1)CC2. The average molecular weight is 608 g/mol. The van der Waals surface area contributed by atoms with E-state index in [1.54, 1.807) is 0 Å². The van der Waals surface area contributed by atoms with E-state index in [1.807, 2.05) is 0 Å². The maximum atomic E-state index is 13.6. The molecule has 3 aliphatic carbocycles. The second-order valence-electron chi connectivity index (χ2n) is 9.54. The molecule has 2 amide bonds. The molecule has 0 radical (unpaired) electrons. The summed E-state index contributed by atoms with van der Waals surface area (Å²) in [7, 11) is -4.41.